The van der Waals surface area contributed by atoms with Gasteiger partial charge in [-0.3, -0.25) is 10.7 Å². The van der Waals surface area contributed by atoms with Gasteiger partial charge in [0.25, 0.3) is 0 Å². The fraction of sp³-hybridized carbons (Fsp3) is 0.167. The topological polar surface area (TPSA) is 32.3 Å². The van der Waals surface area contributed by atoms with Crippen LogP contribution in [0.3, 0.4) is 0 Å². The SMILES string of the molecule is CC(=S)C=CC=CNO. The summed E-state index contributed by atoms with van der Waals surface area (Å²) in [4.78, 5) is 0.817. The Bertz CT molecular complexity index is 140. The lowest BCUT2D eigenvalue weighted by Crippen LogP contribution is -1.91. The summed E-state index contributed by atoms with van der Waals surface area (Å²) in [6, 6.07) is 0. The molecule has 9 heavy (non-hydrogen) atoms. The highest BCUT2D eigenvalue weighted by atomic mass is 32.1. The van der Waals surface area contributed by atoms with E-state index in [2.05, 4.69) is 0 Å². The van der Waals surface area contributed by atoms with E-state index in [4.69, 9.17) is 17.4 Å². The van der Waals surface area contributed by atoms with Gasteiger partial charge in [0, 0.05) is 11.1 Å². The number of thiocarbonyl (C=S) groups is 1. The summed E-state index contributed by atoms with van der Waals surface area (Å²) in [6.45, 7) is 1.83. The van der Waals surface area contributed by atoms with Gasteiger partial charge in [0.15, 0.2) is 0 Å². The number of hydrogen-bond donors (Lipinski definition) is 2. The van der Waals surface area contributed by atoms with Gasteiger partial charge in [0.2, 0.25) is 0 Å². The Labute approximate surface area is 59.8 Å². The minimum absolute atomic E-state index is 0.817. The van der Waals surface area contributed by atoms with Crippen molar-refractivity contribution in [2.45, 2.75) is 6.92 Å². The van der Waals surface area contributed by atoms with Crippen LogP contribution in [0.25, 0.3) is 0 Å². The van der Waals surface area contributed by atoms with E-state index < -0.39 is 0 Å². The van der Waals surface area contributed by atoms with Crippen molar-refractivity contribution in [3.05, 3.63) is 24.4 Å². The lowest BCUT2D eigenvalue weighted by Gasteiger charge is -1.80. The molecule has 0 amide bonds. The average Bonchev–Trinajstić information content (AvgIpc) is 1.80. The van der Waals surface area contributed by atoms with Crippen LogP contribution in [0, 0.1) is 0 Å². The predicted octanol–water partition coefficient (Wildman–Crippen LogP) is 1.42. The van der Waals surface area contributed by atoms with Crippen LogP contribution in [0.15, 0.2) is 24.4 Å². The molecule has 0 saturated carbocycles. The molecule has 0 aromatic rings. The Kier molecular flexibility index (Phi) is 5.06. The van der Waals surface area contributed by atoms with Crippen LogP contribution in [-0.4, -0.2) is 10.1 Å². The molecule has 3 heteroatoms. The fourth-order valence-electron chi connectivity index (χ4n) is 0.290. The Morgan fingerprint density at radius 2 is 2.22 bits per heavy atom. The molecule has 0 fully saturated rings. The molecule has 0 aromatic carbocycles. The third kappa shape index (κ3) is 7.33. The van der Waals surface area contributed by atoms with E-state index in [0.29, 0.717) is 0 Å². The minimum atomic E-state index is 0.817. The first-order valence-corrected chi connectivity index (χ1v) is 2.91. The maximum atomic E-state index is 8.03. The van der Waals surface area contributed by atoms with Crippen LogP contribution in [0.2, 0.25) is 0 Å². The second-order valence-electron chi connectivity index (χ2n) is 1.46. The lowest BCUT2D eigenvalue weighted by atomic mass is 10.4. The summed E-state index contributed by atoms with van der Waals surface area (Å²) in [5.41, 5.74) is 1.87. The molecule has 0 aliphatic carbocycles. The molecule has 0 aromatic heterocycles. The van der Waals surface area contributed by atoms with Crippen LogP contribution >= 0.6 is 12.2 Å². The fourth-order valence-corrected chi connectivity index (χ4v) is 0.368. The van der Waals surface area contributed by atoms with Gasteiger partial charge in [0.1, 0.15) is 0 Å². The monoisotopic (exact) mass is 143 g/mol. The Hall–Kier alpha value is -0.670. The van der Waals surface area contributed by atoms with E-state index in [9.17, 15) is 0 Å². The largest absolute Gasteiger partial charge is 0.292 e. The van der Waals surface area contributed by atoms with Gasteiger partial charge in [-0.25, -0.2) is 0 Å². The van der Waals surface area contributed by atoms with E-state index >= 15 is 0 Å². The molecule has 50 valence electrons. The smallest absolute Gasteiger partial charge is 0.0240 e. The normalized spacial score (nSPS) is 10.9. The van der Waals surface area contributed by atoms with E-state index in [1.165, 1.54) is 6.20 Å². The molecule has 0 atom stereocenters. The van der Waals surface area contributed by atoms with Crippen LogP contribution in [0.5, 0.6) is 0 Å². The first-order chi connectivity index (χ1) is 4.27. The molecule has 0 aliphatic rings. The molecule has 0 spiro atoms. The van der Waals surface area contributed by atoms with Crippen molar-refractivity contribution < 1.29 is 5.21 Å². The molecular weight excluding hydrogens is 134 g/mol. The highest BCUT2D eigenvalue weighted by Gasteiger charge is 1.70. The minimum Gasteiger partial charge on any atom is -0.292 e. The Morgan fingerprint density at radius 3 is 2.67 bits per heavy atom. The van der Waals surface area contributed by atoms with E-state index in [1.54, 1.807) is 18.2 Å². The molecule has 0 bridgehead atoms. The van der Waals surface area contributed by atoms with Crippen molar-refractivity contribution in [2.24, 2.45) is 0 Å². The molecular formula is C6H9NOS. The zero-order valence-corrected chi connectivity index (χ0v) is 5.98. The summed E-state index contributed by atoms with van der Waals surface area (Å²) in [6.07, 6.45) is 6.55. The number of allylic oxidation sites excluding steroid dienone is 3. The zero-order chi connectivity index (χ0) is 7.11. The van der Waals surface area contributed by atoms with Crippen LogP contribution < -0.4 is 5.48 Å². The first kappa shape index (κ1) is 8.33. The van der Waals surface area contributed by atoms with Gasteiger partial charge in [0.05, 0.1) is 0 Å². The first-order valence-electron chi connectivity index (χ1n) is 2.51. The molecule has 0 heterocycles. The van der Waals surface area contributed by atoms with Crippen molar-refractivity contribution in [3.63, 3.8) is 0 Å². The summed E-state index contributed by atoms with van der Waals surface area (Å²) < 4.78 is 0. The van der Waals surface area contributed by atoms with E-state index in [-0.39, 0.29) is 0 Å². The molecule has 0 rings (SSSR count). The quantitative estimate of drug-likeness (QED) is 0.271. The highest BCUT2D eigenvalue weighted by molar-refractivity contribution is 7.80. The molecule has 2 nitrogen and oxygen atoms in total. The summed E-state index contributed by atoms with van der Waals surface area (Å²) in [5, 5.41) is 8.03. The maximum Gasteiger partial charge on any atom is 0.0240 e. The second-order valence-corrected chi connectivity index (χ2v) is 2.10. The van der Waals surface area contributed by atoms with Crippen molar-refractivity contribution in [3.8, 4) is 0 Å². The van der Waals surface area contributed by atoms with Crippen molar-refractivity contribution in [1.29, 1.82) is 0 Å². The summed E-state index contributed by atoms with van der Waals surface area (Å²) >= 11 is 4.74. The van der Waals surface area contributed by atoms with Crippen molar-refractivity contribution >= 4 is 17.1 Å². The van der Waals surface area contributed by atoms with Crippen LogP contribution in [-0.2, 0) is 0 Å². The molecule has 0 unspecified atom stereocenters. The molecule has 2 N–H and O–H groups in total. The Balaban J connectivity index is 3.47. The molecule has 0 saturated heterocycles. The van der Waals surface area contributed by atoms with Gasteiger partial charge in [-0.15, -0.1) is 0 Å². The van der Waals surface area contributed by atoms with Crippen LogP contribution in [0.4, 0.5) is 0 Å². The lowest BCUT2D eigenvalue weighted by molar-refractivity contribution is 0.214. The van der Waals surface area contributed by atoms with Gasteiger partial charge >= 0.3 is 0 Å². The molecule has 0 radical (unpaired) electrons. The number of hydrogen-bond acceptors (Lipinski definition) is 3. The number of nitrogens with one attached hydrogen (secondary N) is 1. The number of hydroxylamine groups is 1. The van der Waals surface area contributed by atoms with E-state index in [0.717, 1.165) is 4.86 Å². The van der Waals surface area contributed by atoms with Crippen LogP contribution in [0.1, 0.15) is 6.92 Å². The predicted molar refractivity (Wildman–Crippen MR) is 41.5 cm³/mol. The third-order valence-corrected chi connectivity index (χ3v) is 0.749. The zero-order valence-electron chi connectivity index (χ0n) is 5.16. The maximum absolute atomic E-state index is 8.03. The van der Waals surface area contributed by atoms with Gasteiger partial charge in [-0.2, -0.15) is 0 Å². The third-order valence-electron chi connectivity index (χ3n) is 0.613. The average molecular weight is 143 g/mol. The van der Waals surface area contributed by atoms with Crippen molar-refractivity contribution in [1.82, 2.24) is 5.48 Å². The molecule has 0 aliphatic heterocycles. The van der Waals surface area contributed by atoms with Gasteiger partial charge in [-0.05, 0) is 19.1 Å². The number of rotatable bonds is 3. The summed E-state index contributed by atoms with van der Waals surface area (Å²) in [5.74, 6) is 0. The second kappa shape index (κ2) is 5.47. The Morgan fingerprint density at radius 1 is 1.56 bits per heavy atom. The highest BCUT2D eigenvalue weighted by Crippen LogP contribution is 1.79. The summed E-state index contributed by atoms with van der Waals surface area (Å²) in [7, 11) is 0. The van der Waals surface area contributed by atoms with E-state index in [1.807, 2.05) is 12.4 Å². The van der Waals surface area contributed by atoms with Gasteiger partial charge in [-0.1, -0.05) is 18.3 Å². The standard InChI is InChI=1S/C6H9NOS/c1-6(9)4-2-3-5-7-8/h2-5,7-8H,1H3. The van der Waals surface area contributed by atoms with Gasteiger partial charge < -0.3 is 0 Å². The van der Waals surface area contributed by atoms with Crippen molar-refractivity contribution in [2.75, 3.05) is 0 Å².